The van der Waals surface area contributed by atoms with E-state index in [0.717, 1.165) is 25.5 Å². The lowest BCUT2D eigenvalue weighted by molar-refractivity contribution is 0.159. The Bertz CT molecular complexity index is 121. The number of carbonyl (C=O) groups excluding carboxylic acids is 1. The van der Waals surface area contributed by atoms with Crippen LogP contribution in [0.3, 0.4) is 0 Å². The molecule has 0 aliphatic carbocycles. The molecular formula is C7H11FO2. The molecule has 58 valence electrons. The van der Waals surface area contributed by atoms with E-state index in [9.17, 15) is 9.18 Å². The Morgan fingerprint density at radius 1 is 1.70 bits per heavy atom. The Morgan fingerprint density at radius 2 is 2.40 bits per heavy atom. The maximum atomic E-state index is 11.3. The SMILES string of the molecule is CCCCC=COC(=O)F. The number of carbonyl (C=O) groups is 1. The summed E-state index contributed by atoms with van der Waals surface area (Å²) >= 11 is 0. The van der Waals surface area contributed by atoms with Crippen LogP contribution in [0.1, 0.15) is 26.2 Å². The van der Waals surface area contributed by atoms with Gasteiger partial charge in [-0.25, -0.2) is 4.79 Å². The van der Waals surface area contributed by atoms with Gasteiger partial charge in [0.1, 0.15) is 0 Å². The van der Waals surface area contributed by atoms with Gasteiger partial charge in [0.2, 0.25) is 0 Å². The van der Waals surface area contributed by atoms with E-state index in [1.165, 1.54) is 0 Å². The second-order valence-electron chi connectivity index (χ2n) is 1.87. The number of allylic oxidation sites excluding steroid dienone is 1. The maximum absolute atomic E-state index is 11.3. The van der Waals surface area contributed by atoms with Gasteiger partial charge in [0, 0.05) is 0 Å². The fourth-order valence-electron chi connectivity index (χ4n) is 0.492. The predicted octanol–water partition coefficient (Wildman–Crippen LogP) is 2.80. The van der Waals surface area contributed by atoms with Crippen LogP contribution in [0.15, 0.2) is 12.3 Å². The quantitative estimate of drug-likeness (QED) is 0.346. The fraction of sp³-hybridized carbons (Fsp3) is 0.571. The van der Waals surface area contributed by atoms with Gasteiger partial charge < -0.3 is 4.74 Å². The largest absolute Gasteiger partial charge is 0.500 e. The van der Waals surface area contributed by atoms with Crippen LogP contribution in [-0.4, -0.2) is 6.22 Å². The zero-order valence-electron chi connectivity index (χ0n) is 5.97. The molecule has 0 aliphatic rings. The van der Waals surface area contributed by atoms with E-state index in [1.54, 1.807) is 6.08 Å². The molecule has 0 atom stereocenters. The zero-order valence-corrected chi connectivity index (χ0v) is 5.97. The first-order chi connectivity index (χ1) is 4.77. The summed E-state index contributed by atoms with van der Waals surface area (Å²) in [5, 5.41) is 0. The van der Waals surface area contributed by atoms with E-state index in [0.29, 0.717) is 0 Å². The minimum absolute atomic E-state index is 0.823. The lowest BCUT2D eigenvalue weighted by Gasteiger charge is -1.88. The molecule has 0 saturated heterocycles. The average molecular weight is 146 g/mol. The molecule has 3 heteroatoms. The molecule has 0 aliphatic heterocycles. The van der Waals surface area contributed by atoms with Crippen LogP contribution in [0.25, 0.3) is 0 Å². The highest BCUT2D eigenvalue weighted by molar-refractivity contribution is 5.58. The van der Waals surface area contributed by atoms with E-state index in [2.05, 4.69) is 11.7 Å². The minimum atomic E-state index is -1.76. The molecule has 2 nitrogen and oxygen atoms in total. The average Bonchev–Trinajstić information content (AvgIpc) is 1.87. The van der Waals surface area contributed by atoms with E-state index in [-0.39, 0.29) is 0 Å². The second kappa shape index (κ2) is 6.26. The van der Waals surface area contributed by atoms with Crippen LogP contribution >= 0.6 is 0 Å². The van der Waals surface area contributed by atoms with Gasteiger partial charge in [-0.15, -0.1) is 4.39 Å². The third-order valence-electron chi connectivity index (χ3n) is 0.981. The Hall–Kier alpha value is -0.860. The Morgan fingerprint density at radius 3 is 2.90 bits per heavy atom. The second-order valence-corrected chi connectivity index (χ2v) is 1.87. The van der Waals surface area contributed by atoms with Crippen LogP contribution < -0.4 is 0 Å². The Kier molecular flexibility index (Phi) is 5.72. The van der Waals surface area contributed by atoms with Crippen LogP contribution in [0, 0.1) is 0 Å². The van der Waals surface area contributed by atoms with Gasteiger partial charge in [0.05, 0.1) is 6.26 Å². The Labute approximate surface area is 59.7 Å². The van der Waals surface area contributed by atoms with Gasteiger partial charge in [-0.2, -0.15) is 0 Å². The van der Waals surface area contributed by atoms with E-state index in [4.69, 9.17) is 0 Å². The van der Waals surface area contributed by atoms with E-state index < -0.39 is 6.22 Å². The molecule has 0 amide bonds. The molecule has 0 radical (unpaired) electrons. The van der Waals surface area contributed by atoms with Gasteiger partial charge in [-0.3, -0.25) is 0 Å². The smallest absolute Gasteiger partial charge is 0.409 e. The standard InChI is InChI=1S/C7H11FO2/c1-2-3-4-5-6-10-7(8)9/h5-6H,2-4H2,1H3. The summed E-state index contributed by atoms with van der Waals surface area (Å²) in [5.74, 6) is 0. The number of rotatable bonds is 4. The number of hydrogen-bond donors (Lipinski definition) is 0. The van der Waals surface area contributed by atoms with Crippen molar-refractivity contribution in [1.82, 2.24) is 0 Å². The molecule has 0 aromatic rings. The zero-order chi connectivity index (χ0) is 7.82. The normalized spacial score (nSPS) is 10.2. The first kappa shape index (κ1) is 9.14. The molecule has 0 spiro atoms. The van der Waals surface area contributed by atoms with Crippen molar-refractivity contribution in [3.05, 3.63) is 12.3 Å². The summed E-state index contributed by atoms with van der Waals surface area (Å²) in [7, 11) is 0. The van der Waals surface area contributed by atoms with Crippen molar-refractivity contribution in [2.45, 2.75) is 26.2 Å². The van der Waals surface area contributed by atoms with Gasteiger partial charge >= 0.3 is 6.22 Å². The number of ether oxygens (including phenoxy) is 1. The summed E-state index contributed by atoms with van der Waals surface area (Å²) in [6, 6.07) is 0. The molecule has 0 unspecified atom stereocenters. The Balaban J connectivity index is 3.12. The molecule has 0 aromatic carbocycles. The minimum Gasteiger partial charge on any atom is -0.409 e. The third-order valence-corrected chi connectivity index (χ3v) is 0.981. The summed E-state index contributed by atoms with van der Waals surface area (Å²) < 4.78 is 15.2. The van der Waals surface area contributed by atoms with Crippen molar-refractivity contribution in [3.8, 4) is 0 Å². The van der Waals surface area contributed by atoms with Gasteiger partial charge in [-0.05, 0) is 18.9 Å². The predicted molar refractivity (Wildman–Crippen MR) is 36.3 cm³/mol. The molecule has 0 heterocycles. The fourth-order valence-corrected chi connectivity index (χ4v) is 0.492. The van der Waals surface area contributed by atoms with Gasteiger partial charge in [0.25, 0.3) is 0 Å². The van der Waals surface area contributed by atoms with Crippen molar-refractivity contribution in [1.29, 1.82) is 0 Å². The first-order valence-electron chi connectivity index (χ1n) is 3.28. The van der Waals surface area contributed by atoms with E-state index >= 15 is 0 Å². The molecule has 0 rings (SSSR count). The van der Waals surface area contributed by atoms with Crippen LogP contribution in [0.5, 0.6) is 0 Å². The summed E-state index contributed by atoms with van der Waals surface area (Å²) in [5.41, 5.74) is 0. The topological polar surface area (TPSA) is 26.3 Å². The molecule has 0 N–H and O–H groups in total. The van der Waals surface area contributed by atoms with Crippen molar-refractivity contribution in [2.24, 2.45) is 0 Å². The van der Waals surface area contributed by atoms with Crippen molar-refractivity contribution < 1.29 is 13.9 Å². The van der Waals surface area contributed by atoms with Crippen molar-refractivity contribution >= 4 is 6.22 Å². The van der Waals surface area contributed by atoms with Crippen molar-refractivity contribution in [2.75, 3.05) is 0 Å². The third kappa shape index (κ3) is 7.14. The summed E-state index contributed by atoms with van der Waals surface area (Å²) in [4.78, 5) is 9.54. The summed E-state index contributed by atoms with van der Waals surface area (Å²) in [6.45, 7) is 2.05. The van der Waals surface area contributed by atoms with E-state index in [1.807, 2.05) is 0 Å². The highest BCUT2D eigenvalue weighted by atomic mass is 19.1. The molecule has 0 saturated carbocycles. The summed E-state index contributed by atoms with van der Waals surface area (Å²) in [6.07, 6.45) is 3.88. The maximum Gasteiger partial charge on any atom is 0.500 e. The van der Waals surface area contributed by atoms with Gasteiger partial charge in [0.15, 0.2) is 0 Å². The lowest BCUT2D eigenvalue weighted by atomic mass is 10.2. The molecule has 0 aromatic heterocycles. The number of halogens is 1. The molecule has 0 bridgehead atoms. The van der Waals surface area contributed by atoms with Crippen LogP contribution in [0.2, 0.25) is 0 Å². The number of unbranched alkanes of at least 4 members (excludes halogenated alkanes) is 2. The highest BCUT2D eigenvalue weighted by Crippen LogP contribution is 1.95. The van der Waals surface area contributed by atoms with Crippen LogP contribution in [-0.2, 0) is 4.74 Å². The highest BCUT2D eigenvalue weighted by Gasteiger charge is 1.89. The van der Waals surface area contributed by atoms with Gasteiger partial charge in [-0.1, -0.05) is 13.3 Å². The lowest BCUT2D eigenvalue weighted by Crippen LogP contribution is -1.83. The first-order valence-corrected chi connectivity index (χ1v) is 3.28. The number of hydrogen-bond acceptors (Lipinski definition) is 2. The molecule has 0 fully saturated rings. The molecular weight excluding hydrogens is 135 g/mol. The molecule has 10 heavy (non-hydrogen) atoms. The monoisotopic (exact) mass is 146 g/mol. The van der Waals surface area contributed by atoms with Crippen LogP contribution in [0.4, 0.5) is 9.18 Å². The van der Waals surface area contributed by atoms with Crippen molar-refractivity contribution in [3.63, 3.8) is 0 Å².